The molecule has 0 aliphatic carbocycles. The number of benzene rings is 1. The van der Waals surface area contributed by atoms with Crippen LogP contribution in [-0.2, 0) is 7.05 Å². The molecule has 0 aliphatic heterocycles. The smallest absolute Gasteiger partial charge is 0.274 e. The van der Waals surface area contributed by atoms with Gasteiger partial charge in [0.1, 0.15) is 5.69 Å². The van der Waals surface area contributed by atoms with Crippen molar-refractivity contribution in [1.82, 2.24) is 19.7 Å². The van der Waals surface area contributed by atoms with Crippen molar-refractivity contribution >= 4 is 10.8 Å². The Labute approximate surface area is 137 Å². The van der Waals surface area contributed by atoms with Crippen molar-refractivity contribution in [2.24, 2.45) is 7.05 Å². The monoisotopic (exact) mass is 318 g/mol. The summed E-state index contributed by atoms with van der Waals surface area (Å²) in [5, 5.41) is 5.50. The second-order valence-electron chi connectivity index (χ2n) is 5.59. The Hall–Kier alpha value is -3.28. The topological polar surface area (TPSA) is 73.8 Å². The minimum absolute atomic E-state index is 0.0974. The predicted molar refractivity (Wildman–Crippen MR) is 90.4 cm³/mol. The fraction of sp³-hybridized carbons (Fsp3) is 0.111. The number of aromatic nitrogens is 4. The first-order valence-corrected chi connectivity index (χ1v) is 7.49. The lowest BCUT2D eigenvalue weighted by atomic mass is 10.1. The number of hydrogen-bond acceptors (Lipinski definition) is 5. The first-order chi connectivity index (χ1) is 11.6. The summed E-state index contributed by atoms with van der Waals surface area (Å²) < 4.78 is 6.89. The average molecular weight is 318 g/mol. The molecule has 0 N–H and O–H groups in total. The molecule has 24 heavy (non-hydrogen) atoms. The van der Waals surface area contributed by atoms with E-state index in [1.165, 1.54) is 4.57 Å². The molecular formula is C18H14N4O2. The van der Waals surface area contributed by atoms with Crippen LogP contribution >= 0.6 is 0 Å². The maximum atomic E-state index is 12.5. The molecule has 0 fully saturated rings. The van der Waals surface area contributed by atoms with E-state index in [2.05, 4.69) is 15.1 Å². The molecule has 1 aromatic carbocycles. The third-order valence-electron chi connectivity index (χ3n) is 3.96. The molecule has 0 amide bonds. The van der Waals surface area contributed by atoms with Gasteiger partial charge in [0.05, 0.1) is 0 Å². The van der Waals surface area contributed by atoms with Crippen molar-refractivity contribution < 1.29 is 4.52 Å². The average Bonchev–Trinajstić information content (AvgIpc) is 3.08. The lowest BCUT2D eigenvalue weighted by Gasteiger charge is -2.06. The third-order valence-corrected chi connectivity index (χ3v) is 3.96. The van der Waals surface area contributed by atoms with Crippen LogP contribution in [0.1, 0.15) is 5.69 Å². The molecule has 3 aromatic heterocycles. The lowest BCUT2D eigenvalue weighted by molar-refractivity contribution is 0.429. The van der Waals surface area contributed by atoms with Gasteiger partial charge in [0.25, 0.3) is 11.4 Å². The van der Waals surface area contributed by atoms with Gasteiger partial charge in [-0.05, 0) is 36.6 Å². The van der Waals surface area contributed by atoms with Crippen molar-refractivity contribution in [3.8, 4) is 23.0 Å². The molecule has 0 saturated carbocycles. The summed E-state index contributed by atoms with van der Waals surface area (Å²) >= 11 is 0. The van der Waals surface area contributed by atoms with E-state index in [9.17, 15) is 4.79 Å². The quantitative estimate of drug-likeness (QED) is 0.568. The Morgan fingerprint density at radius 2 is 1.96 bits per heavy atom. The van der Waals surface area contributed by atoms with Crippen molar-refractivity contribution in [3.63, 3.8) is 0 Å². The standard InChI is InChI=1S/C18H14N4O2/c1-11-7-8-13(10-19-11)16-20-17(24-21-16)15-9-12-5-3-4-6-14(12)18(23)22(15)2/h3-10H,1-2H3. The van der Waals surface area contributed by atoms with Crippen molar-refractivity contribution in [3.05, 3.63) is 64.7 Å². The maximum absolute atomic E-state index is 12.5. The molecule has 4 rings (SSSR count). The van der Waals surface area contributed by atoms with E-state index >= 15 is 0 Å². The van der Waals surface area contributed by atoms with Crippen LogP contribution in [0.3, 0.4) is 0 Å². The van der Waals surface area contributed by atoms with Gasteiger partial charge < -0.3 is 9.09 Å². The van der Waals surface area contributed by atoms with Gasteiger partial charge in [-0.1, -0.05) is 23.4 Å². The van der Waals surface area contributed by atoms with Crippen molar-refractivity contribution in [1.29, 1.82) is 0 Å². The van der Waals surface area contributed by atoms with Crippen LogP contribution < -0.4 is 5.56 Å². The van der Waals surface area contributed by atoms with Gasteiger partial charge in [-0.15, -0.1) is 0 Å². The fourth-order valence-corrected chi connectivity index (χ4v) is 2.60. The van der Waals surface area contributed by atoms with Gasteiger partial charge in [0.2, 0.25) is 5.82 Å². The molecule has 0 spiro atoms. The third kappa shape index (κ3) is 2.28. The summed E-state index contributed by atoms with van der Waals surface area (Å²) in [5.41, 5.74) is 2.16. The van der Waals surface area contributed by atoms with Crippen molar-refractivity contribution in [2.75, 3.05) is 0 Å². The molecule has 0 bridgehead atoms. The van der Waals surface area contributed by atoms with E-state index in [0.29, 0.717) is 22.8 Å². The highest BCUT2D eigenvalue weighted by molar-refractivity contribution is 5.84. The van der Waals surface area contributed by atoms with E-state index in [1.807, 2.05) is 43.3 Å². The van der Waals surface area contributed by atoms with Gasteiger partial charge in [0.15, 0.2) is 0 Å². The zero-order chi connectivity index (χ0) is 16.7. The predicted octanol–water partition coefficient (Wildman–Crippen LogP) is 2.96. The minimum Gasteiger partial charge on any atom is -0.332 e. The summed E-state index contributed by atoms with van der Waals surface area (Å²) in [4.78, 5) is 21.1. The van der Waals surface area contributed by atoms with Crippen LogP contribution in [0.25, 0.3) is 33.7 Å². The first kappa shape index (κ1) is 14.3. The summed E-state index contributed by atoms with van der Waals surface area (Å²) in [6.45, 7) is 1.91. The molecule has 0 aliphatic rings. The molecule has 0 unspecified atom stereocenters. The van der Waals surface area contributed by atoms with E-state index in [1.54, 1.807) is 19.3 Å². The highest BCUT2D eigenvalue weighted by atomic mass is 16.5. The number of rotatable bonds is 2. The molecule has 6 heteroatoms. The minimum atomic E-state index is -0.0974. The van der Waals surface area contributed by atoms with Gasteiger partial charge >= 0.3 is 0 Å². The Kier molecular flexibility index (Phi) is 3.23. The Morgan fingerprint density at radius 3 is 2.75 bits per heavy atom. The first-order valence-electron chi connectivity index (χ1n) is 7.49. The molecule has 118 valence electrons. The molecule has 4 aromatic rings. The summed E-state index contributed by atoms with van der Waals surface area (Å²) in [7, 11) is 1.70. The normalized spacial score (nSPS) is 11.1. The fourth-order valence-electron chi connectivity index (χ4n) is 2.60. The van der Waals surface area contributed by atoms with E-state index < -0.39 is 0 Å². The Bertz CT molecular complexity index is 1090. The van der Waals surface area contributed by atoms with Crippen LogP contribution in [-0.4, -0.2) is 19.7 Å². The van der Waals surface area contributed by atoms with E-state index in [0.717, 1.165) is 16.6 Å². The van der Waals surface area contributed by atoms with E-state index in [4.69, 9.17) is 4.52 Å². The number of nitrogens with zero attached hydrogens (tertiary/aromatic N) is 4. The molecule has 3 heterocycles. The second-order valence-corrected chi connectivity index (χ2v) is 5.59. The highest BCUT2D eigenvalue weighted by Crippen LogP contribution is 2.23. The number of fused-ring (bicyclic) bond motifs is 1. The van der Waals surface area contributed by atoms with Crippen LogP contribution in [0.2, 0.25) is 0 Å². The summed E-state index contributed by atoms with van der Waals surface area (Å²) in [6, 6.07) is 13.1. The maximum Gasteiger partial charge on any atom is 0.274 e. The van der Waals surface area contributed by atoms with Crippen LogP contribution in [0, 0.1) is 6.92 Å². The Morgan fingerprint density at radius 1 is 1.12 bits per heavy atom. The summed E-state index contributed by atoms with van der Waals surface area (Å²) in [5.74, 6) is 0.744. The van der Waals surface area contributed by atoms with Gasteiger partial charge in [-0.3, -0.25) is 9.78 Å². The van der Waals surface area contributed by atoms with Gasteiger partial charge in [-0.2, -0.15) is 4.98 Å². The number of pyridine rings is 2. The number of aryl methyl sites for hydroxylation is 1. The molecule has 6 nitrogen and oxygen atoms in total. The summed E-state index contributed by atoms with van der Waals surface area (Å²) in [6.07, 6.45) is 1.70. The second kappa shape index (κ2) is 5.42. The molecule has 0 radical (unpaired) electrons. The van der Waals surface area contributed by atoms with Gasteiger partial charge in [-0.25, -0.2) is 0 Å². The largest absolute Gasteiger partial charge is 0.332 e. The highest BCUT2D eigenvalue weighted by Gasteiger charge is 2.15. The zero-order valence-corrected chi connectivity index (χ0v) is 13.2. The molecular weight excluding hydrogens is 304 g/mol. The van der Waals surface area contributed by atoms with Crippen LogP contribution in [0.15, 0.2) is 58.0 Å². The van der Waals surface area contributed by atoms with Crippen LogP contribution in [0.5, 0.6) is 0 Å². The lowest BCUT2D eigenvalue weighted by Crippen LogP contribution is -2.18. The van der Waals surface area contributed by atoms with E-state index in [-0.39, 0.29) is 5.56 Å². The van der Waals surface area contributed by atoms with Gasteiger partial charge in [0, 0.05) is 29.9 Å². The zero-order valence-electron chi connectivity index (χ0n) is 13.2. The SMILES string of the molecule is Cc1ccc(-c2noc(-c3cc4ccccc4c(=O)n3C)n2)cn1. The van der Waals surface area contributed by atoms with Crippen molar-refractivity contribution in [2.45, 2.75) is 6.92 Å². The molecule has 0 atom stereocenters. The number of hydrogen-bond donors (Lipinski definition) is 0. The Balaban J connectivity index is 1.85. The van der Waals surface area contributed by atoms with Crippen LogP contribution in [0.4, 0.5) is 0 Å². The molecule has 0 saturated heterocycles.